The molecule has 0 aromatic heterocycles. The monoisotopic (exact) mass is 328 g/mol. The first-order valence-corrected chi connectivity index (χ1v) is 8.20. The van der Waals surface area contributed by atoms with Crippen LogP contribution in [-0.4, -0.2) is 25.8 Å². The number of hydrogen-bond acceptors (Lipinski definition) is 3. The van der Waals surface area contributed by atoms with E-state index < -0.39 is 0 Å². The number of carbonyl (C=O) groups excluding carboxylic acids is 1. The van der Waals surface area contributed by atoms with Crippen molar-refractivity contribution in [2.45, 2.75) is 20.3 Å². The highest BCUT2D eigenvalue weighted by atomic mass is 16.5. The molecule has 2 aromatic rings. The van der Waals surface area contributed by atoms with Crippen molar-refractivity contribution < 1.29 is 14.3 Å². The number of urea groups is 1. The molecule has 0 fully saturated rings. The number of anilines is 1. The third kappa shape index (κ3) is 5.83. The van der Waals surface area contributed by atoms with E-state index in [1.165, 1.54) is 5.56 Å². The SMILES string of the molecule is CCOc1cccc(OCCNC(=O)Nc2ccc(CC)cc2)c1. The first kappa shape index (κ1) is 17.7. The Hall–Kier alpha value is -2.69. The zero-order valence-electron chi connectivity index (χ0n) is 14.2. The van der Waals surface area contributed by atoms with Crippen molar-refractivity contribution in [2.75, 3.05) is 25.1 Å². The van der Waals surface area contributed by atoms with Gasteiger partial charge in [-0.1, -0.05) is 25.1 Å². The van der Waals surface area contributed by atoms with Crippen LogP contribution >= 0.6 is 0 Å². The molecule has 5 heteroatoms. The molecular weight excluding hydrogens is 304 g/mol. The van der Waals surface area contributed by atoms with Gasteiger partial charge in [0.15, 0.2) is 0 Å². The first-order chi connectivity index (χ1) is 11.7. The number of hydrogen-bond donors (Lipinski definition) is 2. The molecule has 0 saturated carbocycles. The van der Waals surface area contributed by atoms with Gasteiger partial charge in [-0.3, -0.25) is 0 Å². The summed E-state index contributed by atoms with van der Waals surface area (Å²) in [6.45, 7) is 5.45. The van der Waals surface area contributed by atoms with Gasteiger partial charge >= 0.3 is 6.03 Å². The Kier molecular flexibility index (Phi) is 6.95. The Morgan fingerprint density at radius 2 is 1.71 bits per heavy atom. The molecule has 5 nitrogen and oxygen atoms in total. The third-order valence-corrected chi connectivity index (χ3v) is 3.39. The highest BCUT2D eigenvalue weighted by Crippen LogP contribution is 2.19. The molecule has 128 valence electrons. The van der Waals surface area contributed by atoms with Crippen molar-refractivity contribution in [1.82, 2.24) is 5.32 Å². The van der Waals surface area contributed by atoms with Crippen molar-refractivity contribution in [1.29, 1.82) is 0 Å². The molecule has 0 bridgehead atoms. The summed E-state index contributed by atoms with van der Waals surface area (Å²) in [6, 6.07) is 15.0. The van der Waals surface area contributed by atoms with Gasteiger partial charge in [-0.2, -0.15) is 0 Å². The summed E-state index contributed by atoms with van der Waals surface area (Å²) >= 11 is 0. The largest absolute Gasteiger partial charge is 0.494 e. The van der Waals surface area contributed by atoms with Crippen LogP contribution in [0.4, 0.5) is 10.5 Å². The fourth-order valence-corrected chi connectivity index (χ4v) is 2.15. The minimum Gasteiger partial charge on any atom is -0.494 e. The van der Waals surface area contributed by atoms with Crippen LogP contribution in [0.25, 0.3) is 0 Å². The summed E-state index contributed by atoms with van der Waals surface area (Å²) in [5.41, 5.74) is 2.01. The normalized spacial score (nSPS) is 10.1. The van der Waals surface area contributed by atoms with Gasteiger partial charge in [0, 0.05) is 11.8 Å². The van der Waals surface area contributed by atoms with E-state index >= 15 is 0 Å². The number of benzene rings is 2. The zero-order chi connectivity index (χ0) is 17.2. The summed E-state index contributed by atoms with van der Waals surface area (Å²) in [7, 11) is 0. The standard InChI is InChI=1S/C19H24N2O3/c1-3-15-8-10-16(11-9-15)21-19(22)20-12-13-24-18-7-5-6-17(14-18)23-4-2/h5-11,14H,3-4,12-13H2,1-2H3,(H2,20,21,22). The first-order valence-electron chi connectivity index (χ1n) is 8.20. The zero-order valence-corrected chi connectivity index (χ0v) is 14.2. The van der Waals surface area contributed by atoms with Crippen LogP contribution in [0.15, 0.2) is 48.5 Å². The summed E-state index contributed by atoms with van der Waals surface area (Å²) in [6.07, 6.45) is 0.980. The number of carbonyl (C=O) groups is 1. The van der Waals surface area contributed by atoms with Crippen LogP contribution in [0.1, 0.15) is 19.4 Å². The maximum Gasteiger partial charge on any atom is 0.319 e. The number of aryl methyl sites for hydroxylation is 1. The lowest BCUT2D eigenvalue weighted by Crippen LogP contribution is -2.32. The van der Waals surface area contributed by atoms with Crippen LogP contribution in [0.5, 0.6) is 11.5 Å². The molecule has 2 rings (SSSR count). The van der Waals surface area contributed by atoms with Crippen molar-refractivity contribution in [2.24, 2.45) is 0 Å². The minimum atomic E-state index is -0.245. The van der Waals surface area contributed by atoms with Crippen molar-refractivity contribution in [3.8, 4) is 11.5 Å². The van der Waals surface area contributed by atoms with Crippen molar-refractivity contribution >= 4 is 11.7 Å². The summed E-state index contributed by atoms with van der Waals surface area (Å²) in [5, 5.41) is 5.56. The van der Waals surface area contributed by atoms with E-state index in [9.17, 15) is 4.79 Å². The second kappa shape index (κ2) is 9.45. The molecule has 0 aliphatic heterocycles. The smallest absolute Gasteiger partial charge is 0.319 e. The molecule has 0 atom stereocenters. The molecule has 2 aromatic carbocycles. The lowest BCUT2D eigenvalue weighted by Gasteiger charge is -2.10. The summed E-state index contributed by atoms with van der Waals surface area (Å²) < 4.78 is 11.0. The Labute approximate surface area is 143 Å². The molecule has 0 aliphatic carbocycles. The molecule has 0 saturated heterocycles. The number of nitrogens with one attached hydrogen (secondary N) is 2. The van der Waals surface area contributed by atoms with Gasteiger partial charge in [0.1, 0.15) is 18.1 Å². The Morgan fingerprint density at radius 3 is 2.38 bits per heavy atom. The highest BCUT2D eigenvalue weighted by molar-refractivity contribution is 5.89. The minimum absolute atomic E-state index is 0.245. The van der Waals surface area contributed by atoms with Crippen LogP contribution in [-0.2, 0) is 6.42 Å². The van der Waals surface area contributed by atoms with E-state index in [4.69, 9.17) is 9.47 Å². The number of rotatable bonds is 8. The van der Waals surface area contributed by atoms with Gasteiger partial charge in [-0.25, -0.2) is 4.79 Å². The van der Waals surface area contributed by atoms with Gasteiger partial charge < -0.3 is 20.1 Å². The summed E-state index contributed by atoms with van der Waals surface area (Å²) in [5.74, 6) is 1.49. The molecule has 0 unspecified atom stereocenters. The molecule has 24 heavy (non-hydrogen) atoms. The average Bonchev–Trinajstić information content (AvgIpc) is 2.60. The van der Waals surface area contributed by atoms with Gasteiger partial charge in [-0.15, -0.1) is 0 Å². The lowest BCUT2D eigenvalue weighted by molar-refractivity contribution is 0.247. The highest BCUT2D eigenvalue weighted by Gasteiger charge is 2.02. The molecule has 0 aliphatic rings. The number of ether oxygens (including phenoxy) is 2. The van der Waals surface area contributed by atoms with E-state index in [0.29, 0.717) is 19.8 Å². The third-order valence-electron chi connectivity index (χ3n) is 3.39. The maximum absolute atomic E-state index is 11.8. The maximum atomic E-state index is 11.8. The van der Waals surface area contributed by atoms with E-state index in [0.717, 1.165) is 23.6 Å². The Bertz CT molecular complexity index is 641. The predicted molar refractivity (Wildman–Crippen MR) is 95.9 cm³/mol. The summed E-state index contributed by atoms with van der Waals surface area (Å²) in [4.78, 5) is 11.8. The van der Waals surface area contributed by atoms with Crippen LogP contribution in [0.2, 0.25) is 0 Å². The van der Waals surface area contributed by atoms with Crippen LogP contribution in [0.3, 0.4) is 0 Å². The lowest BCUT2D eigenvalue weighted by atomic mass is 10.1. The molecule has 0 spiro atoms. The molecule has 2 N–H and O–H groups in total. The quantitative estimate of drug-likeness (QED) is 0.724. The van der Waals surface area contributed by atoms with Crippen molar-refractivity contribution in [3.63, 3.8) is 0 Å². The topological polar surface area (TPSA) is 59.6 Å². The molecule has 2 amide bonds. The molecule has 0 radical (unpaired) electrons. The fraction of sp³-hybridized carbons (Fsp3) is 0.316. The van der Waals surface area contributed by atoms with E-state index in [-0.39, 0.29) is 6.03 Å². The van der Waals surface area contributed by atoms with Gasteiger partial charge in [0.2, 0.25) is 0 Å². The second-order valence-electron chi connectivity index (χ2n) is 5.19. The van der Waals surface area contributed by atoms with E-state index in [1.807, 2.05) is 55.5 Å². The average molecular weight is 328 g/mol. The van der Waals surface area contributed by atoms with Crippen molar-refractivity contribution in [3.05, 3.63) is 54.1 Å². The second-order valence-corrected chi connectivity index (χ2v) is 5.19. The Balaban J connectivity index is 1.69. The number of amides is 2. The molecule has 0 heterocycles. The van der Waals surface area contributed by atoms with Gasteiger partial charge in [-0.05, 0) is 43.2 Å². The fourth-order valence-electron chi connectivity index (χ4n) is 2.15. The van der Waals surface area contributed by atoms with Crippen LogP contribution in [0, 0.1) is 0 Å². The van der Waals surface area contributed by atoms with E-state index in [1.54, 1.807) is 0 Å². The Morgan fingerprint density at radius 1 is 1.00 bits per heavy atom. The predicted octanol–water partition coefficient (Wildman–Crippen LogP) is 3.85. The molecular formula is C19H24N2O3. The van der Waals surface area contributed by atoms with Crippen LogP contribution < -0.4 is 20.1 Å². The van der Waals surface area contributed by atoms with Gasteiger partial charge in [0.25, 0.3) is 0 Å². The van der Waals surface area contributed by atoms with Gasteiger partial charge in [0.05, 0.1) is 13.2 Å². The van der Waals surface area contributed by atoms with E-state index in [2.05, 4.69) is 17.6 Å².